The largest absolute Gasteiger partial charge is 0.0622 e. The lowest BCUT2D eigenvalue weighted by molar-refractivity contribution is 0.590. The van der Waals surface area contributed by atoms with Crippen LogP contribution in [-0.2, 0) is 5.41 Å². The van der Waals surface area contributed by atoms with Crippen molar-refractivity contribution in [3.63, 3.8) is 0 Å². The molecule has 0 aromatic heterocycles. The summed E-state index contributed by atoms with van der Waals surface area (Å²) >= 11 is 0. The average Bonchev–Trinajstić information content (AvgIpc) is 3.25. The van der Waals surface area contributed by atoms with E-state index in [9.17, 15) is 0 Å². The summed E-state index contributed by atoms with van der Waals surface area (Å²) in [5.41, 5.74) is 13.9. The molecule has 0 aliphatic rings. The number of hydrogen-bond donors (Lipinski definition) is 0. The van der Waals surface area contributed by atoms with Gasteiger partial charge >= 0.3 is 0 Å². The van der Waals surface area contributed by atoms with E-state index in [-0.39, 0.29) is 5.41 Å². The molecule has 0 nitrogen and oxygen atoms in total. The highest BCUT2D eigenvalue weighted by Gasteiger charge is 2.28. The Hall–Kier alpha value is -6.76. The van der Waals surface area contributed by atoms with Gasteiger partial charge in [-0.3, -0.25) is 0 Å². The Morgan fingerprint density at radius 2 is 0.696 bits per heavy atom. The predicted molar refractivity (Wildman–Crippen MR) is 242 cm³/mol. The molecule has 0 saturated carbocycles. The van der Waals surface area contributed by atoms with Crippen LogP contribution in [0, 0.1) is 0 Å². The minimum Gasteiger partial charge on any atom is -0.0622 e. The molecule has 0 aliphatic carbocycles. The Morgan fingerprint density at radius 1 is 0.268 bits per heavy atom. The van der Waals surface area contributed by atoms with Crippen LogP contribution in [0.3, 0.4) is 0 Å². The van der Waals surface area contributed by atoms with Crippen LogP contribution < -0.4 is 0 Å². The molecule has 0 bridgehead atoms. The lowest BCUT2D eigenvalue weighted by atomic mass is 9.75. The van der Waals surface area contributed by atoms with Crippen LogP contribution in [0.5, 0.6) is 0 Å². The van der Waals surface area contributed by atoms with Crippen LogP contribution in [-0.4, -0.2) is 0 Å². The van der Waals surface area contributed by atoms with Crippen molar-refractivity contribution in [2.24, 2.45) is 0 Å². The van der Waals surface area contributed by atoms with E-state index in [1.54, 1.807) is 0 Å². The first-order valence-corrected chi connectivity index (χ1v) is 19.8. The summed E-state index contributed by atoms with van der Waals surface area (Å²) in [6, 6.07) is 70.3. The first-order chi connectivity index (χ1) is 27.5. The van der Waals surface area contributed by atoms with Gasteiger partial charge in [-0.2, -0.15) is 0 Å². The van der Waals surface area contributed by atoms with Gasteiger partial charge < -0.3 is 0 Å². The third-order valence-electron chi connectivity index (χ3n) is 12.1. The fourth-order valence-corrected chi connectivity index (χ4v) is 9.58. The third kappa shape index (κ3) is 4.85. The minimum atomic E-state index is 0.0659. The van der Waals surface area contributed by atoms with Crippen molar-refractivity contribution < 1.29 is 0 Å². The molecule has 0 amide bonds. The molecule has 56 heavy (non-hydrogen) atoms. The Bertz CT molecular complexity index is 3210. The van der Waals surface area contributed by atoms with E-state index < -0.39 is 0 Å². The lowest BCUT2D eigenvalue weighted by Gasteiger charge is -2.27. The van der Waals surface area contributed by atoms with Gasteiger partial charge in [-0.15, -0.1) is 0 Å². The maximum absolute atomic E-state index is 2.51. The Morgan fingerprint density at radius 3 is 1.25 bits per heavy atom. The zero-order valence-corrected chi connectivity index (χ0v) is 31.9. The highest BCUT2D eigenvalue weighted by atomic mass is 14.3. The van der Waals surface area contributed by atoms with E-state index in [2.05, 4.69) is 209 Å². The second-order valence-electron chi connectivity index (χ2n) is 16.4. The van der Waals surface area contributed by atoms with Gasteiger partial charge in [0.05, 0.1) is 0 Å². The SMILES string of the molecule is CC(C)(C)c1ccc(-c2ccc3c(-c4ccccc4)cc4c(-c5ccccc5)c5cccc6c(-c7ccccc7)cc7c(-c8ccccc8)c2c3c4c7c65)cc1. The van der Waals surface area contributed by atoms with Gasteiger partial charge in [0.2, 0.25) is 0 Å². The van der Waals surface area contributed by atoms with Gasteiger partial charge in [0, 0.05) is 0 Å². The van der Waals surface area contributed by atoms with Crippen LogP contribution in [0.25, 0.3) is 109 Å². The second kappa shape index (κ2) is 12.4. The fraction of sp³-hybridized carbons (Fsp3) is 0.0714. The summed E-state index contributed by atoms with van der Waals surface area (Å²) < 4.78 is 0. The van der Waals surface area contributed by atoms with Crippen LogP contribution in [0.4, 0.5) is 0 Å². The summed E-state index contributed by atoms with van der Waals surface area (Å²) in [7, 11) is 0. The van der Waals surface area contributed by atoms with E-state index in [0.29, 0.717) is 0 Å². The van der Waals surface area contributed by atoms with E-state index >= 15 is 0 Å². The van der Waals surface area contributed by atoms with Crippen molar-refractivity contribution in [3.05, 3.63) is 194 Å². The molecule has 0 radical (unpaired) electrons. The second-order valence-corrected chi connectivity index (χ2v) is 16.4. The number of rotatable bonds is 5. The molecule has 0 aliphatic heterocycles. The molecule has 0 spiro atoms. The van der Waals surface area contributed by atoms with Crippen LogP contribution in [0.15, 0.2) is 188 Å². The molecule has 0 unspecified atom stereocenters. The maximum Gasteiger partial charge on any atom is -0.000674 e. The predicted octanol–water partition coefficient (Wildman–Crippen LogP) is 16.0. The molecule has 0 saturated heterocycles. The molecule has 0 atom stereocenters. The third-order valence-corrected chi connectivity index (χ3v) is 12.1. The van der Waals surface area contributed by atoms with E-state index in [1.807, 2.05) is 0 Å². The first kappa shape index (κ1) is 32.7. The van der Waals surface area contributed by atoms with E-state index in [0.717, 1.165) is 0 Å². The highest BCUT2D eigenvalue weighted by molar-refractivity contribution is 6.45. The molecule has 11 aromatic rings. The topological polar surface area (TPSA) is 0 Å². The zero-order valence-electron chi connectivity index (χ0n) is 31.9. The highest BCUT2D eigenvalue weighted by Crippen LogP contribution is 2.56. The van der Waals surface area contributed by atoms with Crippen molar-refractivity contribution in [2.45, 2.75) is 26.2 Å². The van der Waals surface area contributed by atoms with Crippen molar-refractivity contribution in [2.75, 3.05) is 0 Å². The van der Waals surface area contributed by atoms with Crippen LogP contribution in [0.1, 0.15) is 26.3 Å². The summed E-state index contributed by atoms with van der Waals surface area (Å²) in [5.74, 6) is 0. The molecule has 0 fully saturated rings. The van der Waals surface area contributed by atoms with E-state index in [1.165, 1.54) is 115 Å². The van der Waals surface area contributed by atoms with Crippen molar-refractivity contribution in [1.82, 2.24) is 0 Å². The molecule has 11 aromatic carbocycles. The molecule has 11 rings (SSSR count). The van der Waals surface area contributed by atoms with Gasteiger partial charge in [0.1, 0.15) is 0 Å². The zero-order chi connectivity index (χ0) is 37.5. The molecule has 0 heteroatoms. The monoisotopic (exact) mass is 712 g/mol. The van der Waals surface area contributed by atoms with Gasteiger partial charge in [-0.25, -0.2) is 0 Å². The molecule has 0 N–H and O–H groups in total. The summed E-state index contributed by atoms with van der Waals surface area (Å²) in [5, 5.41) is 13.1. The smallest absolute Gasteiger partial charge is 0.000674 e. The van der Waals surface area contributed by atoms with Crippen LogP contribution in [0.2, 0.25) is 0 Å². The fourth-order valence-electron chi connectivity index (χ4n) is 9.58. The Balaban J connectivity index is 1.46. The molecule has 0 heterocycles. The lowest BCUT2D eigenvalue weighted by Crippen LogP contribution is -2.10. The van der Waals surface area contributed by atoms with Crippen molar-refractivity contribution >= 4 is 53.9 Å². The summed E-state index contributed by atoms with van der Waals surface area (Å²) in [6.45, 7) is 6.88. The maximum atomic E-state index is 2.51. The van der Waals surface area contributed by atoms with E-state index in [4.69, 9.17) is 0 Å². The average molecular weight is 713 g/mol. The van der Waals surface area contributed by atoms with Gasteiger partial charge in [0.25, 0.3) is 0 Å². The van der Waals surface area contributed by atoms with Crippen LogP contribution >= 0.6 is 0 Å². The van der Waals surface area contributed by atoms with Crippen molar-refractivity contribution in [1.29, 1.82) is 0 Å². The summed E-state index contributed by atoms with van der Waals surface area (Å²) in [4.78, 5) is 0. The Labute approximate surface area is 328 Å². The standard InChI is InChI=1S/C56H40/c1-56(2,3)40-29-27-37(28-30-40)41-31-32-43-46(36-19-10-5-11-20-36)33-47-49(38-21-12-6-13-22-38)44-26-16-25-42-45(35-17-8-4-9-18-35)34-48-50(39-23-14-7-15-24-39)52(41)53(43)55(47)54(48)51(42)44/h4-34H,1-3H3. The molecular weight excluding hydrogens is 673 g/mol. The summed E-state index contributed by atoms with van der Waals surface area (Å²) in [6.07, 6.45) is 0. The minimum absolute atomic E-state index is 0.0659. The Kier molecular flexibility index (Phi) is 7.22. The van der Waals surface area contributed by atoms with Gasteiger partial charge in [0.15, 0.2) is 0 Å². The van der Waals surface area contributed by atoms with Gasteiger partial charge in [-0.1, -0.05) is 197 Å². The first-order valence-electron chi connectivity index (χ1n) is 19.8. The number of hydrogen-bond acceptors (Lipinski definition) is 0. The van der Waals surface area contributed by atoms with Gasteiger partial charge in [-0.05, 0) is 133 Å². The quantitative estimate of drug-likeness (QED) is 0.123. The normalized spacial score (nSPS) is 12.2. The van der Waals surface area contributed by atoms with Crippen molar-refractivity contribution in [3.8, 4) is 55.6 Å². The molecular formula is C56H40. The number of benzene rings is 11. The molecule has 264 valence electrons.